The molecule has 4 rings (SSSR count). The number of benzene rings is 3. The van der Waals surface area contributed by atoms with E-state index in [0.29, 0.717) is 29.4 Å². The van der Waals surface area contributed by atoms with Crippen LogP contribution in [-0.2, 0) is 0 Å². The highest BCUT2D eigenvalue weighted by atomic mass is 19.2. The molecule has 3 aromatic rings. The van der Waals surface area contributed by atoms with Gasteiger partial charge in [-0.1, -0.05) is 68.3 Å². The summed E-state index contributed by atoms with van der Waals surface area (Å²) in [5.41, 5.74) is 2.75. The Kier molecular flexibility index (Phi) is 7.22. The van der Waals surface area contributed by atoms with E-state index in [1.165, 1.54) is 6.07 Å². The molecule has 0 radical (unpaired) electrons. The average Bonchev–Trinajstić information content (AvgIpc) is 2.82. The predicted octanol–water partition coefficient (Wildman–Crippen LogP) is 8.63. The molecule has 0 saturated heterocycles. The van der Waals surface area contributed by atoms with Crippen molar-refractivity contribution in [1.82, 2.24) is 0 Å². The third-order valence-corrected chi connectivity index (χ3v) is 6.53. The van der Waals surface area contributed by atoms with Crippen LogP contribution in [0.3, 0.4) is 0 Å². The zero-order chi connectivity index (χ0) is 23.4. The predicted molar refractivity (Wildman–Crippen MR) is 129 cm³/mol. The highest BCUT2D eigenvalue weighted by molar-refractivity contribution is 5.73. The van der Waals surface area contributed by atoms with Crippen LogP contribution in [0.25, 0.3) is 23.3 Å². The SMILES string of the molecule is CCOc1ccc(-c2ccc(/C=C/c3ccc(C4CCC(C)CC4)c(F)c3F)cc2)c(F)c1. The molecule has 1 fully saturated rings. The van der Waals surface area contributed by atoms with Crippen molar-refractivity contribution in [1.29, 1.82) is 0 Å². The molecule has 0 aliphatic heterocycles. The minimum atomic E-state index is -0.796. The lowest BCUT2D eigenvalue weighted by Crippen LogP contribution is -2.13. The van der Waals surface area contributed by atoms with Gasteiger partial charge in [-0.15, -0.1) is 0 Å². The maximum absolute atomic E-state index is 14.8. The van der Waals surface area contributed by atoms with Crippen molar-refractivity contribution in [3.63, 3.8) is 0 Å². The van der Waals surface area contributed by atoms with Crippen LogP contribution in [0.4, 0.5) is 13.2 Å². The van der Waals surface area contributed by atoms with Gasteiger partial charge in [-0.05, 0) is 60.4 Å². The molecule has 0 spiro atoms. The molecule has 0 aromatic heterocycles. The van der Waals surface area contributed by atoms with Crippen molar-refractivity contribution in [2.75, 3.05) is 6.61 Å². The first-order chi connectivity index (χ1) is 16.0. The van der Waals surface area contributed by atoms with Gasteiger partial charge in [-0.2, -0.15) is 0 Å². The Morgan fingerprint density at radius 3 is 2.24 bits per heavy atom. The van der Waals surface area contributed by atoms with Gasteiger partial charge >= 0.3 is 0 Å². The van der Waals surface area contributed by atoms with Crippen molar-refractivity contribution in [2.45, 2.75) is 45.4 Å². The van der Waals surface area contributed by atoms with Crippen LogP contribution < -0.4 is 4.74 Å². The van der Waals surface area contributed by atoms with E-state index in [4.69, 9.17) is 4.74 Å². The van der Waals surface area contributed by atoms with E-state index in [1.807, 2.05) is 31.2 Å². The fourth-order valence-corrected chi connectivity index (χ4v) is 4.54. The molecule has 0 bridgehead atoms. The molecule has 3 aromatic carbocycles. The van der Waals surface area contributed by atoms with Crippen LogP contribution >= 0.6 is 0 Å². The van der Waals surface area contributed by atoms with E-state index in [2.05, 4.69) is 6.92 Å². The normalized spacial score (nSPS) is 18.6. The fourth-order valence-electron chi connectivity index (χ4n) is 4.54. The minimum absolute atomic E-state index is 0.101. The molecule has 0 unspecified atom stereocenters. The average molecular weight is 451 g/mol. The van der Waals surface area contributed by atoms with Gasteiger partial charge in [0, 0.05) is 17.2 Å². The first-order valence-electron chi connectivity index (χ1n) is 11.6. The largest absolute Gasteiger partial charge is 0.494 e. The molecule has 1 aliphatic carbocycles. The lowest BCUT2D eigenvalue weighted by atomic mass is 9.79. The third kappa shape index (κ3) is 5.32. The van der Waals surface area contributed by atoms with E-state index in [0.717, 1.165) is 36.8 Å². The second kappa shape index (κ2) is 10.3. The summed E-state index contributed by atoms with van der Waals surface area (Å²) < 4.78 is 49.3. The van der Waals surface area contributed by atoms with Gasteiger partial charge < -0.3 is 4.74 Å². The summed E-state index contributed by atoms with van der Waals surface area (Å²) in [5.74, 6) is -0.614. The van der Waals surface area contributed by atoms with Gasteiger partial charge in [0.05, 0.1) is 6.61 Å². The Hall–Kier alpha value is -3.01. The third-order valence-electron chi connectivity index (χ3n) is 6.53. The molecule has 4 heteroatoms. The summed E-state index contributed by atoms with van der Waals surface area (Å²) in [4.78, 5) is 0. The first-order valence-corrected chi connectivity index (χ1v) is 11.6. The Balaban J connectivity index is 1.49. The van der Waals surface area contributed by atoms with Crippen molar-refractivity contribution in [2.24, 2.45) is 5.92 Å². The molecule has 33 heavy (non-hydrogen) atoms. The molecule has 0 N–H and O–H groups in total. The van der Waals surface area contributed by atoms with E-state index in [-0.39, 0.29) is 17.3 Å². The molecule has 0 amide bonds. The van der Waals surface area contributed by atoms with Crippen LogP contribution in [0.5, 0.6) is 5.75 Å². The maximum atomic E-state index is 14.8. The van der Waals surface area contributed by atoms with E-state index in [9.17, 15) is 13.2 Å². The Bertz CT molecular complexity index is 1130. The second-order valence-corrected chi connectivity index (χ2v) is 8.86. The lowest BCUT2D eigenvalue weighted by Gasteiger charge is -2.27. The van der Waals surface area contributed by atoms with Gasteiger partial charge in [0.1, 0.15) is 11.6 Å². The van der Waals surface area contributed by atoms with Crippen LogP contribution in [0.1, 0.15) is 62.1 Å². The topological polar surface area (TPSA) is 9.23 Å². The van der Waals surface area contributed by atoms with Gasteiger partial charge in [0.2, 0.25) is 0 Å². The number of hydrogen-bond acceptors (Lipinski definition) is 1. The zero-order valence-electron chi connectivity index (χ0n) is 19.1. The maximum Gasteiger partial charge on any atom is 0.166 e. The Morgan fingerprint density at radius 1 is 0.848 bits per heavy atom. The lowest BCUT2D eigenvalue weighted by molar-refractivity contribution is 0.338. The molecular weight excluding hydrogens is 421 g/mol. The number of halogens is 3. The van der Waals surface area contributed by atoms with Gasteiger partial charge in [-0.3, -0.25) is 0 Å². The molecular formula is C29H29F3O. The Morgan fingerprint density at radius 2 is 1.58 bits per heavy atom. The first kappa shape index (κ1) is 23.2. The Labute approximate surface area is 193 Å². The molecule has 0 atom stereocenters. The zero-order valence-corrected chi connectivity index (χ0v) is 19.1. The molecule has 1 aliphatic rings. The molecule has 0 heterocycles. The standard InChI is InChI=1S/C29H29F3O/c1-3-33-24-15-17-25(27(30)18-24)21-11-6-20(7-12-21)8-13-23-14-16-26(29(32)28(23)31)22-9-4-19(2)5-10-22/h6-8,11-19,22H,3-5,9-10H2,1-2H3/b13-8+. The summed E-state index contributed by atoms with van der Waals surface area (Å²) in [6.07, 6.45) is 7.26. The van der Waals surface area contributed by atoms with Crippen molar-refractivity contribution >= 4 is 12.2 Å². The quantitative estimate of drug-likeness (QED) is 0.342. The summed E-state index contributed by atoms with van der Waals surface area (Å²) in [6.45, 7) is 4.54. The highest BCUT2D eigenvalue weighted by Crippen LogP contribution is 2.37. The van der Waals surface area contributed by atoms with Crippen LogP contribution in [-0.4, -0.2) is 6.61 Å². The van der Waals surface area contributed by atoms with Crippen LogP contribution in [0, 0.1) is 23.4 Å². The monoisotopic (exact) mass is 450 g/mol. The van der Waals surface area contributed by atoms with E-state index < -0.39 is 11.6 Å². The van der Waals surface area contributed by atoms with Crippen molar-refractivity contribution in [3.05, 3.63) is 88.7 Å². The number of ether oxygens (including phenoxy) is 1. The van der Waals surface area contributed by atoms with Gasteiger partial charge in [0.25, 0.3) is 0 Å². The van der Waals surface area contributed by atoms with Crippen molar-refractivity contribution < 1.29 is 17.9 Å². The van der Waals surface area contributed by atoms with Crippen molar-refractivity contribution in [3.8, 4) is 16.9 Å². The second-order valence-electron chi connectivity index (χ2n) is 8.86. The number of hydrogen-bond donors (Lipinski definition) is 0. The number of rotatable bonds is 6. The fraction of sp³-hybridized carbons (Fsp3) is 0.310. The van der Waals surface area contributed by atoms with Gasteiger partial charge in [-0.25, -0.2) is 13.2 Å². The summed E-state index contributed by atoms with van der Waals surface area (Å²) in [5, 5.41) is 0. The van der Waals surface area contributed by atoms with Crippen LogP contribution in [0.2, 0.25) is 0 Å². The van der Waals surface area contributed by atoms with E-state index >= 15 is 0 Å². The smallest absolute Gasteiger partial charge is 0.166 e. The molecule has 172 valence electrons. The molecule has 1 saturated carbocycles. The van der Waals surface area contributed by atoms with E-state index in [1.54, 1.807) is 36.4 Å². The van der Waals surface area contributed by atoms with Crippen LogP contribution in [0.15, 0.2) is 54.6 Å². The summed E-state index contributed by atoms with van der Waals surface area (Å²) in [6, 6.07) is 15.5. The molecule has 1 nitrogen and oxygen atoms in total. The summed E-state index contributed by atoms with van der Waals surface area (Å²) in [7, 11) is 0. The minimum Gasteiger partial charge on any atom is -0.494 e. The van der Waals surface area contributed by atoms with Gasteiger partial charge in [0.15, 0.2) is 11.6 Å². The summed E-state index contributed by atoms with van der Waals surface area (Å²) >= 11 is 0. The highest BCUT2D eigenvalue weighted by Gasteiger charge is 2.24.